The van der Waals surface area contributed by atoms with E-state index in [4.69, 9.17) is 4.74 Å². The molecule has 166 valence electrons. The van der Waals surface area contributed by atoms with Crippen LogP contribution in [0.5, 0.6) is 0 Å². The number of hydrogen-bond donors (Lipinski definition) is 2. The van der Waals surface area contributed by atoms with Gasteiger partial charge in [-0.25, -0.2) is 13.2 Å². The average Bonchev–Trinajstić information content (AvgIpc) is 2.75. The molecule has 7 nitrogen and oxygen atoms in total. The van der Waals surface area contributed by atoms with Gasteiger partial charge in [0.15, 0.2) is 0 Å². The first-order valence-corrected chi connectivity index (χ1v) is 11.5. The Morgan fingerprint density at radius 3 is 2.16 bits per heavy atom. The predicted molar refractivity (Wildman–Crippen MR) is 124 cm³/mol. The minimum absolute atomic E-state index is 0.0938. The lowest BCUT2D eigenvalue weighted by atomic mass is 10.1. The van der Waals surface area contributed by atoms with E-state index in [-0.39, 0.29) is 22.8 Å². The molecule has 0 bridgehead atoms. The highest BCUT2D eigenvalue weighted by molar-refractivity contribution is 7.92. The SMILES string of the molecule is CCOC(=O)c1cccc(NC(=O)c2ccccc2NS(=O)(=O)c2ccc(C)cc2)c1C. The highest BCUT2D eigenvalue weighted by atomic mass is 32.2. The minimum atomic E-state index is -3.88. The van der Waals surface area contributed by atoms with Crippen molar-refractivity contribution >= 4 is 33.3 Å². The fourth-order valence-corrected chi connectivity index (χ4v) is 4.16. The fourth-order valence-electron chi connectivity index (χ4n) is 3.08. The van der Waals surface area contributed by atoms with Crippen LogP contribution in [-0.2, 0) is 14.8 Å². The Hall–Kier alpha value is -3.65. The number of para-hydroxylation sites is 1. The number of ether oxygens (including phenoxy) is 1. The highest BCUT2D eigenvalue weighted by Crippen LogP contribution is 2.24. The van der Waals surface area contributed by atoms with Gasteiger partial charge in [-0.3, -0.25) is 9.52 Å². The van der Waals surface area contributed by atoms with Crippen molar-refractivity contribution in [3.63, 3.8) is 0 Å². The summed E-state index contributed by atoms with van der Waals surface area (Å²) in [6, 6.07) is 17.6. The highest BCUT2D eigenvalue weighted by Gasteiger charge is 2.20. The average molecular weight is 453 g/mol. The molecule has 0 fully saturated rings. The molecule has 0 saturated heterocycles. The summed E-state index contributed by atoms with van der Waals surface area (Å²) in [6.45, 7) is 5.52. The van der Waals surface area contributed by atoms with Crippen molar-refractivity contribution in [2.75, 3.05) is 16.6 Å². The van der Waals surface area contributed by atoms with Crippen LogP contribution in [0.15, 0.2) is 71.6 Å². The van der Waals surface area contributed by atoms with Crippen molar-refractivity contribution in [2.45, 2.75) is 25.7 Å². The number of anilines is 2. The van der Waals surface area contributed by atoms with Gasteiger partial charge in [-0.15, -0.1) is 0 Å². The Morgan fingerprint density at radius 2 is 1.47 bits per heavy atom. The molecule has 0 radical (unpaired) electrons. The monoisotopic (exact) mass is 452 g/mol. The molecule has 8 heteroatoms. The second-order valence-corrected chi connectivity index (χ2v) is 8.80. The molecule has 0 atom stereocenters. The largest absolute Gasteiger partial charge is 0.462 e. The van der Waals surface area contributed by atoms with Gasteiger partial charge in [-0.05, 0) is 62.7 Å². The quantitative estimate of drug-likeness (QED) is 0.513. The van der Waals surface area contributed by atoms with Gasteiger partial charge in [0.05, 0.1) is 28.3 Å². The van der Waals surface area contributed by atoms with Gasteiger partial charge in [-0.1, -0.05) is 35.9 Å². The molecule has 3 aromatic carbocycles. The summed E-state index contributed by atoms with van der Waals surface area (Å²) in [5.41, 5.74) is 2.55. The zero-order valence-corrected chi connectivity index (χ0v) is 18.8. The topological polar surface area (TPSA) is 102 Å². The number of nitrogens with one attached hydrogen (secondary N) is 2. The molecule has 0 aromatic heterocycles. The van der Waals surface area contributed by atoms with Crippen LogP contribution in [0.1, 0.15) is 38.8 Å². The number of sulfonamides is 1. The standard InChI is InChI=1S/C24H24N2O5S/c1-4-31-24(28)19-9-7-11-21(17(19)3)25-23(27)20-8-5-6-10-22(20)26-32(29,30)18-14-12-16(2)13-15-18/h5-15,26H,4H2,1-3H3,(H,25,27). The van der Waals surface area contributed by atoms with E-state index in [1.165, 1.54) is 24.3 Å². The van der Waals surface area contributed by atoms with Crippen molar-refractivity contribution < 1.29 is 22.7 Å². The van der Waals surface area contributed by atoms with Crippen LogP contribution < -0.4 is 10.0 Å². The normalized spacial score (nSPS) is 11.0. The van der Waals surface area contributed by atoms with Crippen molar-refractivity contribution in [1.29, 1.82) is 0 Å². The van der Waals surface area contributed by atoms with Gasteiger partial charge in [-0.2, -0.15) is 0 Å². The maximum atomic E-state index is 13.0. The van der Waals surface area contributed by atoms with Crippen molar-refractivity contribution in [3.05, 3.63) is 89.0 Å². The molecule has 32 heavy (non-hydrogen) atoms. The van der Waals surface area contributed by atoms with E-state index in [2.05, 4.69) is 10.0 Å². The minimum Gasteiger partial charge on any atom is -0.462 e. The van der Waals surface area contributed by atoms with Crippen molar-refractivity contribution in [3.8, 4) is 0 Å². The maximum absolute atomic E-state index is 13.0. The molecule has 2 N–H and O–H groups in total. The number of amides is 1. The molecule has 0 spiro atoms. The second kappa shape index (κ2) is 9.65. The van der Waals surface area contributed by atoms with Gasteiger partial charge >= 0.3 is 5.97 Å². The van der Waals surface area contributed by atoms with Crippen LogP contribution in [0.2, 0.25) is 0 Å². The molecule has 3 rings (SSSR count). The van der Waals surface area contributed by atoms with Crippen LogP contribution in [0.4, 0.5) is 11.4 Å². The summed E-state index contributed by atoms with van der Waals surface area (Å²) in [5.74, 6) is -0.997. The van der Waals surface area contributed by atoms with E-state index >= 15 is 0 Å². The molecule has 0 saturated carbocycles. The van der Waals surface area contributed by atoms with Crippen LogP contribution >= 0.6 is 0 Å². The van der Waals surface area contributed by atoms with Gasteiger partial charge in [0.1, 0.15) is 0 Å². The Morgan fingerprint density at radius 1 is 0.844 bits per heavy atom. The number of benzene rings is 3. The lowest BCUT2D eigenvalue weighted by molar-refractivity contribution is 0.0525. The molecule has 0 heterocycles. The smallest absolute Gasteiger partial charge is 0.338 e. The maximum Gasteiger partial charge on any atom is 0.338 e. The van der Waals surface area contributed by atoms with E-state index in [9.17, 15) is 18.0 Å². The van der Waals surface area contributed by atoms with Crippen LogP contribution in [0, 0.1) is 13.8 Å². The third-order valence-corrected chi connectivity index (χ3v) is 6.21. The van der Waals surface area contributed by atoms with Gasteiger partial charge in [0, 0.05) is 5.69 Å². The molecule has 3 aromatic rings. The summed E-state index contributed by atoms with van der Waals surface area (Å²) >= 11 is 0. The van der Waals surface area contributed by atoms with Gasteiger partial charge in [0.25, 0.3) is 15.9 Å². The van der Waals surface area contributed by atoms with Gasteiger partial charge in [0.2, 0.25) is 0 Å². The zero-order chi connectivity index (χ0) is 23.3. The zero-order valence-electron chi connectivity index (χ0n) is 18.0. The summed E-state index contributed by atoms with van der Waals surface area (Å²) in [4.78, 5) is 25.2. The first kappa shape index (κ1) is 23.0. The number of carbonyl (C=O) groups excluding carboxylic acids is 2. The third kappa shape index (κ3) is 5.15. The van der Waals surface area contributed by atoms with E-state index < -0.39 is 21.9 Å². The summed E-state index contributed by atoms with van der Waals surface area (Å²) < 4.78 is 33.1. The Bertz CT molecular complexity index is 1250. The van der Waals surface area contributed by atoms with Crippen LogP contribution in [-0.4, -0.2) is 26.9 Å². The molecule has 1 amide bonds. The predicted octanol–water partition coefficient (Wildman–Crippen LogP) is 4.53. The Labute approximate surface area is 187 Å². The third-order valence-electron chi connectivity index (χ3n) is 4.82. The van der Waals surface area contributed by atoms with Gasteiger partial charge < -0.3 is 10.1 Å². The van der Waals surface area contributed by atoms with E-state index in [0.717, 1.165) is 5.56 Å². The molecular weight excluding hydrogens is 428 g/mol. The summed E-state index contributed by atoms with van der Waals surface area (Å²) in [7, 11) is -3.88. The number of carbonyl (C=O) groups is 2. The molecule has 0 aliphatic rings. The number of rotatable bonds is 7. The first-order chi connectivity index (χ1) is 15.2. The second-order valence-electron chi connectivity index (χ2n) is 7.12. The van der Waals surface area contributed by atoms with E-state index in [1.54, 1.807) is 56.3 Å². The Balaban J connectivity index is 1.88. The first-order valence-electron chi connectivity index (χ1n) is 9.99. The number of hydrogen-bond acceptors (Lipinski definition) is 5. The van der Waals surface area contributed by atoms with E-state index in [0.29, 0.717) is 16.8 Å². The fraction of sp³-hybridized carbons (Fsp3) is 0.167. The van der Waals surface area contributed by atoms with E-state index in [1.807, 2.05) is 6.92 Å². The lowest BCUT2D eigenvalue weighted by Crippen LogP contribution is -2.19. The molecule has 0 aliphatic heterocycles. The van der Waals surface area contributed by atoms with Crippen LogP contribution in [0.25, 0.3) is 0 Å². The molecule has 0 unspecified atom stereocenters. The summed E-state index contributed by atoms with van der Waals surface area (Å²) in [5, 5.41) is 2.76. The molecule has 0 aliphatic carbocycles. The lowest BCUT2D eigenvalue weighted by Gasteiger charge is -2.15. The van der Waals surface area contributed by atoms with Crippen molar-refractivity contribution in [1.82, 2.24) is 0 Å². The van der Waals surface area contributed by atoms with Crippen LogP contribution in [0.3, 0.4) is 0 Å². The van der Waals surface area contributed by atoms with Crippen molar-refractivity contribution in [2.24, 2.45) is 0 Å². The summed E-state index contributed by atoms with van der Waals surface area (Å²) in [6.07, 6.45) is 0. The molecular formula is C24H24N2O5S. The number of esters is 1. The Kier molecular flexibility index (Phi) is 6.95. The number of aryl methyl sites for hydroxylation is 1.